The number of nitrogens with two attached hydrogens (primary N) is 1. The van der Waals surface area contributed by atoms with Gasteiger partial charge in [-0.15, -0.1) is 0 Å². The van der Waals surface area contributed by atoms with Crippen molar-refractivity contribution < 1.29 is 13.2 Å². The fraction of sp³-hybridized carbons (Fsp3) is 0.583. The average molecular weight is 317 g/mol. The van der Waals surface area contributed by atoms with Crippen molar-refractivity contribution in [2.75, 3.05) is 32.4 Å². The summed E-state index contributed by atoms with van der Waals surface area (Å²) in [5.41, 5.74) is 6.56. The van der Waals surface area contributed by atoms with Crippen molar-refractivity contribution in [2.45, 2.75) is 6.54 Å². The van der Waals surface area contributed by atoms with Gasteiger partial charge in [0.25, 0.3) is 0 Å². The number of carbonyl (C=O) groups is 1. The summed E-state index contributed by atoms with van der Waals surface area (Å²) in [6.45, 7) is 2.38. The number of nitrogens with zero attached hydrogens (tertiary/aromatic N) is 2. The van der Waals surface area contributed by atoms with Gasteiger partial charge < -0.3 is 5.73 Å². The van der Waals surface area contributed by atoms with E-state index in [9.17, 15) is 13.2 Å². The standard InChI is InChI=1S/C12H19N3O3S2/c1-20(17,18)15-4-3-14(6-10-2-5-19-9-10)7-11(8-15)12(13)16/h2,5,9,11H,3-4,6-8H2,1H3,(H2,13,16)/t11-/m1/s1. The summed E-state index contributed by atoms with van der Waals surface area (Å²) in [4.78, 5) is 13.6. The third-order valence-electron chi connectivity index (χ3n) is 3.43. The Bertz CT molecular complexity index is 557. The molecule has 0 bridgehead atoms. The molecular formula is C12H19N3O3S2. The molecule has 6 nitrogen and oxygen atoms in total. The van der Waals surface area contributed by atoms with E-state index in [4.69, 9.17) is 5.73 Å². The van der Waals surface area contributed by atoms with Gasteiger partial charge in [0.1, 0.15) is 0 Å². The van der Waals surface area contributed by atoms with Gasteiger partial charge in [0.05, 0.1) is 12.2 Å². The predicted molar refractivity (Wildman–Crippen MR) is 78.7 cm³/mol. The first-order valence-corrected chi connectivity index (χ1v) is 9.13. The van der Waals surface area contributed by atoms with Crippen LogP contribution >= 0.6 is 11.3 Å². The van der Waals surface area contributed by atoms with Gasteiger partial charge >= 0.3 is 0 Å². The van der Waals surface area contributed by atoms with Crippen LogP contribution in [-0.2, 0) is 21.4 Å². The summed E-state index contributed by atoms with van der Waals surface area (Å²) >= 11 is 1.62. The predicted octanol–water partition coefficient (Wildman–Crippen LogP) is -0.0732. The number of rotatable bonds is 4. The molecule has 0 spiro atoms. The van der Waals surface area contributed by atoms with Crippen molar-refractivity contribution in [1.29, 1.82) is 0 Å². The Morgan fingerprint density at radius 3 is 2.75 bits per heavy atom. The number of hydrogen-bond donors (Lipinski definition) is 1. The third-order valence-corrected chi connectivity index (χ3v) is 5.43. The van der Waals surface area contributed by atoms with Crippen molar-refractivity contribution in [1.82, 2.24) is 9.21 Å². The van der Waals surface area contributed by atoms with E-state index >= 15 is 0 Å². The van der Waals surface area contributed by atoms with Gasteiger partial charge in [-0.2, -0.15) is 11.3 Å². The van der Waals surface area contributed by atoms with Crippen LogP contribution in [0.25, 0.3) is 0 Å². The third kappa shape index (κ3) is 4.02. The summed E-state index contributed by atoms with van der Waals surface area (Å²) in [5.74, 6) is -0.915. The van der Waals surface area contributed by atoms with Gasteiger partial charge in [-0.1, -0.05) is 0 Å². The molecule has 8 heteroatoms. The lowest BCUT2D eigenvalue weighted by Crippen LogP contribution is -2.40. The second-order valence-corrected chi connectivity index (χ2v) is 7.85. The fourth-order valence-electron chi connectivity index (χ4n) is 2.32. The second kappa shape index (κ2) is 6.21. The fourth-order valence-corrected chi connectivity index (χ4v) is 3.84. The van der Waals surface area contributed by atoms with Crippen molar-refractivity contribution >= 4 is 27.3 Å². The maximum atomic E-state index is 11.7. The largest absolute Gasteiger partial charge is 0.369 e. The van der Waals surface area contributed by atoms with Crippen LogP contribution in [0.15, 0.2) is 16.8 Å². The number of carbonyl (C=O) groups excluding carboxylic acids is 1. The molecular weight excluding hydrogens is 298 g/mol. The first-order chi connectivity index (χ1) is 9.36. The lowest BCUT2D eigenvalue weighted by atomic mass is 10.1. The van der Waals surface area contributed by atoms with Gasteiger partial charge in [-0.25, -0.2) is 12.7 Å². The maximum absolute atomic E-state index is 11.7. The van der Waals surface area contributed by atoms with Crippen LogP contribution in [0.2, 0.25) is 0 Å². The summed E-state index contributed by atoms with van der Waals surface area (Å²) in [7, 11) is -3.30. The first-order valence-electron chi connectivity index (χ1n) is 6.34. The number of sulfonamides is 1. The number of primary amides is 1. The molecule has 2 rings (SSSR count). The molecule has 1 aliphatic heterocycles. The van der Waals surface area contributed by atoms with Crippen LogP contribution in [0.3, 0.4) is 0 Å². The van der Waals surface area contributed by atoms with Crippen LogP contribution in [0.5, 0.6) is 0 Å². The Labute approximate surface area is 123 Å². The summed E-state index contributed by atoms with van der Waals surface area (Å²) in [5, 5.41) is 4.06. The molecule has 1 saturated heterocycles. The van der Waals surface area contributed by atoms with E-state index in [1.165, 1.54) is 16.1 Å². The van der Waals surface area contributed by atoms with Crippen LogP contribution in [-0.4, -0.2) is 56.0 Å². The molecule has 0 aromatic carbocycles. The molecule has 1 aromatic rings. The SMILES string of the molecule is CS(=O)(=O)N1CCN(Cc2ccsc2)C[C@@H](C(N)=O)C1. The van der Waals surface area contributed by atoms with Crippen LogP contribution in [0.4, 0.5) is 0 Å². The van der Waals surface area contributed by atoms with Crippen molar-refractivity contribution in [2.24, 2.45) is 11.7 Å². The molecule has 1 aromatic heterocycles. The Morgan fingerprint density at radius 2 is 2.20 bits per heavy atom. The van der Waals surface area contributed by atoms with Gasteiger partial charge in [0.15, 0.2) is 0 Å². The van der Waals surface area contributed by atoms with E-state index in [-0.39, 0.29) is 6.54 Å². The van der Waals surface area contributed by atoms with Gasteiger partial charge in [0.2, 0.25) is 15.9 Å². The molecule has 0 radical (unpaired) electrons. The first kappa shape index (κ1) is 15.4. The van der Waals surface area contributed by atoms with E-state index in [0.717, 1.165) is 0 Å². The Hall–Kier alpha value is -0.960. The highest BCUT2D eigenvalue weighted by atomic mass is 32.2. The van der Waals surface area contributed by atoms with Gasteiger partial charge in [0, 0.05) is 32.7 Å². The summed E-state index contributed by atoms with van der Waals surface area (Å²) < 4.78 is 24.7. The smallest absolute Gasteiger partial charge is 0.223 e. The zero-order chi connectivity index (χ0) is 14.8. The minimum Gasteiger partial charge on any atom is -0.369 e. The molecule has 2 N–H and O–H groups in total. The summed E-state index contributed by atoms with van der Waals surface area (Å²) in [6.07, 6.45) is 1.17. The molecule has 1 fully saturated rings. The average Bonchev–Trinajstić information content (AvgIpc) is 2.72. The number of thiophene rings is 1. The molecule has 2 heterocycles. The molecule has 1 aliphatic rings. The Morgan fingerprint density at radius 1 is 1.45 bits per heavy atom. The van der Waals surface area contributed by atoms with E-state index in [2.05, 4.69) is 10.3 Å². The monoisotopic (exact) mass is 317 g/mol. The van der Waals surface area contributed by atoms with E-state index < -0.39 is 21.8 Å². The van der Waals surface area contributed by atoms with Crippen LogP contribution < -0.4 is 5.73 Å². The minimum atomic E-state index is -3.30. The maximum Gasteiger partial charge on any atom is 0.223 e. The Kier molecular flexibility index (Phi) is 4.79. The van der Waals surface area contributed by atoms with Crippen molar-refractivity contribution in [3.63, 3.8) is 0 Å². The Balaban J connectivity index is 2.11. The highest BCUT2D eigenvalue weighted by molar-refractivity contribution is 7.88. The van der Waals surface area contributed by atoms with E-state index in [1.54, 1.807) is 11.3 Å². The zero-order valence-electron chi connectivity index (χ0n) is 11.4. The zero-order valence-corrected chi connectivity index (χ0v) is 13.0. The summed E-state index contributed by atoms with van der Waals surface area (Å²) in [6, 6.07) is 2.03. The van der Waals surface area contributed by atoms with E-state index in [1.807, 2.05) is 11.4 Å². The van der Waals surface area contributed by atoms with Crippen LogP contribution in [0, 0.1) is 5.92 Å². The van der Waals surface area contributed by atoms with Crippen molar-refractivity contribution in [3.05, 3.63) is 22.4 Å². The quantitative estimate of drug-likeness (QED) is 0.842. The molecule has 0 saturated carbocycles. The number of amides is 1. The molecule has 1 amide bonds. The normalized spacial score (nSPS) is 22.6. The highest BCUT2D eigenvalue weighted by Gasteiger charge is 2.30. The molecule has 112 valence electrons. The molecule has 1 atom stereocenters. The highest BCUT2D eigenvalue weighted by Crippen LogP contribution is 2.16. The van der Waals surface area contributed by atoms with Gasteiger partial charge in [-0.05, 0) is 22.4 Å². The molecule has 0 unspecified atom stereocenters. The van der Waals surface area contributed by atoms with Gasteiger partial charge in [-0.3, -0.25) is 9.69 Å². The van der Waals surface area contributed by atoms with Crippen molar-refractivity contribution in [3.8, 4) is 0 Å². The van der Waals surface area contributed by atoms with Crippen LogP contribution in [0.1, 0.15) is 5.56 Å². The molecule has 0 aliphatic carbocycles. The van der Waals surface area contributed by atoms with E-state index in [0.29, 0.717) is 26.2 Å². The lowest BCUT2D eigenvalue weighted by Gasteiger charge is -2.21. The lowest BCUT2D eigenvalue weighted by molar-refractivity contribution is -0.122. The topological polar surface area (TPSA) is 83.7 Å². The number of hydrogen-bond acceptors (Lipinski definition) is 5. The minimum absolute atomic E-state index is 0.175. The molecule has 20 heavy (non-hydrogen) atoms. The second-order valence-electron chi connectivity index (χ2n) is 5.09.